The van der Waals surface area contributed by atoms with Gasteiger partial charge in [0.25, 0.3) is 5.24 Å². The third kappa shape index (κ3) is 4.61. The topological polar surface area (TPSA) is 53.4 Å². The van der Waals surface area contributed by atoms with E-state index >= 15 is 0 Å². The Bertz CT molecular complexity index is 550. The first-order valence-corrected chi connectivity index (χ1v) is 8.24. The summed E-state index contributed by atoms with van der Waals surface area (Å²) in [5, 5.41) is 7.94. The van der Waals surface area contributed by atoms with E-state index in [-0.39, 0.29) is 19.0 Å². The van der Waals surface area contributed by atoms with Crippen LogP contribution in [0.5, 0.6) is 5.75 Å². The molecule has 126 valence electrons. The number of carbonyl (C=O) groups excluding carboxylic acids is 1. The Morgan fingerprint density at radius 3 is 2.39 bits per heavy atom. The van der Waals surface area contributed by atoms with Crippen LogP contribution in [0, 0.1) is 17.2 Å². The maximum Gasteiger partial charge on any atom is 0.259 e. The predicted octanol–water partition coefficient (Wildman–Crippen LogP) is 3.70. The van der Waals surface area contributed by atoms with Gasteiger partial charge in [-0.2, -0.15) is 0 Å². The molecule has 2 atom stereocenters. The Morgan fingerprint density at radius 2 is 1.83 bits per heavy atom. The number of hydrogen-bond donors (Lipinski definition) is 1. The van der Waals surface area contributed by atoms with E-state index in [1.54, 1.807) is 12.1 Å². The number of nitrogens with one attached hydrogen (secondary N) is 1. The lowest BCUT2D eigenvalue weighted by Gasteiger charge is -2.42. The second kappa shape index (κ2) is 8.02. The Balaban J connectivity index is 0.00000192. The van der Waals surface area contributed by atoms with Crippen LogP contribution in [0.4, 0.5) is 0 Å². The smallest absolute Gasteiger partial charge is 0.259 e. The van der Waals surface area contributed by atoms with Crippen molar-refractivity contribution in [1.29, 1.82) is 5.41 Å². The van der Waals surface area contributed by atoms with E-state index in [2.05, 4.69) is 4.90 Å². The highest BCUT2D eigenvalue weighted by atomic mass is 35.5. The van der Waals surface area contributed by atoms with Crippen LogP contribution in [0.15, 0.2) is 24.3 Å². The van der Waals surface area contributed by atoms with Crippen molar-refractivity contribution in [3.8, 4) is 5.75 Å². The maximum atomic E-state index is 10.7. The van der Waals surface area contributed by atoms with Gasteiger partial charge in [-0.3, -0.25) is 10.2 Å². The van der Waals surface area contributed by atoms with Crippen molar-refractivity contribution in [2.24, 2.45) is 11.8 Å². The molecule has 1 aliphatic carbocycles. The van der Waals surface area contributed by atoms with E-state index in [0.29, 0.717) is 11.6 Å². The summed E-state index contributed by atoms with van der Waals surface area (Å²) in [5.74, 6) is 2.70. The largest absolute Gasteiger partial charge is 0.484 e. The van der Waals surface area contributed by atoms with Crippen LogP contribution in [0.2, 0.25) is 0 Å². The number of fused-ring (bicyclic) bond motifs is 2. The first kappa shape index (κ1) is 18.1. The zero-order valence-corrected chi connectivity index (χ0v) is 14.5. The maximum absolute atomic E-state index is 10.7. The summed E-state index contributed by atoms with van der Waals surface area (Å²) in [7, 11) is 0. The lowest BCUT2D eigenvalue weighted by Crippen LogP contribution is -2.45. The lowest BCUT2D eigenvalue weighted by atomic mass is 9.78. The van der Waals surface area contributed by atoms with Gasteiger partial charge < -0.3 is 9.64 Å². The standard InChI is InChI=1S/C17H21ClN2O2.ClH/c18-16(21)11-22-15-6-4-14(5-7-15)17(19)20-9-12-2-1-3-13(8-12)10-20;/h4-7,12-13,19H,1-3,8-11H2;1H. The highest BCUT2D eigenvalue weighted by Gasteiger charge is 2.31. The Morgan fingerprint density at radius 1 is 1.22 bits per heavy atom. The first-order chi connectivity index (χ1) is 10.6. The molecule has 0 radical (unpaired) electrons. The number of benzene rings is 1. The number of amidine groups is 1. The van der Waals surface area contributed by atoms with Crippen LogP contribution in [-0.2, 0) is 4.79 Å². The van der Waals surface area contributed by atoms with Gasteiger partial charge in [0.1, 0.15) is 11.6 Å². The fourth-order valence-corrected chi connectivity index (χ4v) is 3.70. The van der Waals surface area contributed by atoms with E-state index in [0.717, 1.165) is 30.5 Å². The highest BCUT2D eigenvalue weighted by molar-refractivity contribution is 6.63. The van der Waals surface area contributed by atoms with Crippen LogP contribution in [-0.4, -0.2) is 35.7 Å². The summed E-state index contributed by atoms with van der Waals surface area (Å²) >= 11 is 5.25. The lowest BCUT2D eigenvalue weighted by molar-refractivity contribution is -0.113. The molecule has 4 nitrogen and oxygen atoms in total. The number of hydrogen-bond acceptors (Lipinski definition) is 3. The van der Waals surface area contributed by atoms with Gasteiger partial charge in [-0.05, 0) is 67.0 Å². The third-order valence-electron chi connectivity index (χ3n) is 4.64. The molecule has 23 heavy (non-hydrogen) atoms. The number of rotatable bonds is 4. The molecular weight excluding hydrogens is 335 g/mol. The fraction of sp³-hybridized carbons (Fsp3) is 0.529. The molecule has 0 spiro atoms. The summed E-state index contributed by atoms with van der Waals surface area (Å²) in [6, 6.07) is 7.32. The summed E-state index contributed by atoms with van der Waals surface area (Å²) in [5.41, 5.74) is 0.893. The Hall–Kier alpha value is -1.26. The quantitative estimate of drug-likeness (QED) is 0.508. The minimum Gasteiger partial charge on any atom is -0.484 e. The molecule has 1 N–H and O–H groups in total. The second-order valence-electron chi connectivity index (χ2n) is 6.32. The molecular formula is C17H22Cl2N2O2. The van der Waals surface area contributed by atoms with Crippen molar-refractivity contribution in [3.05, 3.63) is 29.8 Å². The van der Waals surface area contributed by atoms with Crippen LogP contribution in [0.3, 0.4) is 0 Å². The molecule has 1 saturated carbocycles. The van der Waals surface area contributed by atoms with E-state index in [9.17, 15) is 4.79 Å². The third-order valence-corrected chi connectivity index (χ3v) is 4.75. The van der Waals surface area contributed by atoms with Gasteiger partial charge in [-0.25, -0.2) is 0 Å². The normalized spacial score (nSPS) is 22.9. The van der Waals surface area contributed by atoms with Crippen LogP contribution in [0.25, 0.3) is 0 Å². The van der Waals surface area contributed by atoms with Crippen LogP contribution >= 0.6 is 24.0 Å². The van der Waals surface area contributed by atoms with Crippen molar-refractivity contribution < 1.29 is 9.53 Å². The number of carbonyl (C=O) groups is 1. The zero-order valence-electron chi connectivity index (χ0n) is 13.0. The van der Waals surface area contributed by atoms with Gasteiger partial charge >= 0.3 is 0 Å². The minimum absolute atomic E-state index is 0. The van der Waals surface area contributed by atoms with Crippen LogP contribution in [0.1, 0.15) is 31.2 Å². The zero-order chi connectivity index (χ0) is 15.5. The van der Waals surface area contributed by atoms with Crippen molar-refractivity contribution in [1.82, 2.24) is 4.90 Å². The summed E-state index contributed by atoms with van der Waals surface area (Å²) in [6.45, 7) is 1.89. The first-order valence-electron chi connectivity index (χ1n) is 7.87. The van der Waals surface area contributed by atoms with E-state index in [1.807, 2.05) is 12.1 Å². The number of ether oxygens (including phenoxy) is 1. The molecule has 0 aromatic heterocycles. The molecule has 6 heteroatoms. The van der Waals surface area contributed by atoms with Crippen molar-refractivity contribution in [2.75, 3.05) is 19.7 Å². The van der Waals surface area contributed by atoms with Crippen LogP contribution < -0.4 is 4.74 Å². The monoisotopic (exact) mass is 356 g/mol. The SMILES string of the molecule is Cl.N=C(c1ccc(OCC(=O)Cl)cc1)N1CC2CCCC(C2)C1. The summed E-state index contributed by atoms with van der Waals surface area (Å²) in [6.07, 6.45) is 5.30. The Labute approximate surface area is 148 Å². The molecule has 2 bridgehead atoms. The average molecular weight is 357 g/mol. The van der Waals surface area contributed by atoms with Crippen molar-refractivity contribution in [2.45, 2.75) is 25.7 Å². The molecule has 1 saturated heterocycles. The molecule has 2 unspecified atom stereocenters. The minimum atomic E-state index is -0.517. The molecule has 1 aromatic carbocycles. The second-order valence-corrected chi connectivity index (χ2v) is 6.74. The molecule has 1 aliphatic heterocycles. The van der Waals surface area contributed by atoms with Gasteiger partial charge in [0.2, 0.25) is 0 Å². The van der Waals surface area contributed by atoms with Gasteiger partial charge in [0, 0.05) is 18.7 Å². The molecule has 1 aromatic rings. The van der Waals surface area contributed by atoms with E-state index < -0.39 is 5.24 Å². The fourth-order valence-electron chi connectivity index (χ4n) is 3.65. The summed E-state index contributed by atoms with van der Waals surface area (Å²) < 4.78 is 5.24. The Kier molecular flexibility index (Phi) is 6.31. The van der Waals surface area contributed by atoms with Gasteiger partial charge in [0.15, 0.2) is 6.61 Å². The summed E-state index contributed by atoms with van der Waals surface area (Å²) in [4.78, 5) is 12.9. The number of likely N-dealkylation sites (tertiary alicyclic amines) is 1. The number of halogens is 2. The van der Waals surface area contributed by atoms with E-state index in [4.69, 9.17) is 21.7 Å². The highest BCUT2D eigenvalue weighted by Crippen LogP contribution is 2.34. The number of piperidine rings is 1. The molecule has 2 aliphatic rings. The van der Waals surface area contributed by atoms with Gasteiger partial charge in [-0.1, -0.05) is 6.42 Å². The molecule has 2 fully saturated rings. The molecule has 3 rings (SSSR count). The van der Waals surface area contributed by atoms with Crippen molar-refractivity contribution in [3.63, 3.8) is 0 Å². The molecule has 1 heterocycles. The number of nitrogens with zero attached hydrogens (tertiary/aromatic N) is 1. The van der Waals surface area contributed by atoms with Gasteiger partial charge in [0.05, 0.1) is 0 Å². The van der Waals surface area contributed by atoms with Gasteiger partial charge in [-0.15, -0.1) is 12.4 Å². The van der Waals surface area contributed by atoms with E-state index in [1.165, 1.54) is 25.7 Å². The molecule has 0 amide bonds. The average Bonchev–Trinajstić information content (AvgIpc) is 2.52. The van der Waals surface area contributed by atoms with Crippen molar-refractivity contribution >= 4 is 35.1 Å². The predicted molar refractivity (Wildman–Crippen MR) is 93.9 cm³/mol.